The first-order valence-corrected chi connectivity index (χ1v) is 7.04. The number of ether oxygens (including phenoxy) is 1. The summed E-state index contributed by atoms with van der Waals surface area (Å²) in [6, 6.07) is 1.83. The summed E-state index contributed by atoms with van der Waals surface area (Å²) in [6.07, 6.45) is 4.92. The summed E-state index contributed by atoms with van der Waals surface area (Å²) < 4.78 is 4.75. The molecule has 5 nitrogen and oxygen atoms in total. The molecule has 0 amide bonds. The normalized spacial score (nSPS) is 12.2. The number of methoxy groups -OCH3 is 1. The third kappa shape index (κ3) is 5.07. The average Bonchev–Trinajstić information content (AvgIpc) is 2.39. The van der Waals surface area contributed by atoms with E-state index in [1.165, 1.54) is 19.7 Å². The Morgan fingerprint density at radius 2 is 2.10 bits per heavy atom. The van der Waals surface area contributed by atoms with Crippen LogP contribution in [0.2, 0.25) is 0 Å². The van der Waals surface area contributed by atoms with Gasteiger partial charge in [0.05, 0.1) is 19.0 Å². The van der Waals surface area contributed by atoms with Gasteiger partial charge >= 0.3 is 5.97 Å². The topological polar surface area (TPSA) is 77.2 Å². The lowest BCUT2D eigenvalue weighted by atomic mass is 10.0. The molecule has 0 aliphatic heterocycles. The number of esters is 1. The quantitative estimate of drug-likeness (QED) is 0.750. The molecule has 0 saturated heterocycles. The highest BCUT2D eigenvalue weighted by Gasteiger charge is 2.15. The van der Waals surface area contributed by atoms with E-state index in [9.17, 15) is 4.79 Å². The van der Waals surface area contributed by atoms with Crippen LogP contribution in [0, 0.1) is 5.92 Å². The van der Waals surface area contributed by atoms with Crippen LogP contribution in [0.15, 0.2) is 12.3 Å². The SMILES string of the molecule is COC(=O)c1cc(N)cnc1NC(C)CCCC(C)C. The second kappa shape index (κ2) is 7.72. The van der Waals surface area contributed by atoms with Crippen molar-refractivity contribution in [3.05, 3.63) is 17.8 Å². The number of carbonyl (C=O) groups is 1. The van der Waals surface area contributed by atoms with Crippen LogP contribution in [0.5, 0.6) is 0 Å². The average molecular weight is 279 g/mol. The van der Waals surface area contributed by atoms with Crippen LogP contribution in [0.1, 0.15) is 50.4 Å². The van der Waals surface area contributed by atoms with Crippen molar-refractivity contribution in [2.45, 2.75) is 46.1 Å². The Balaban J connectivity index is 2.69. The first-order chi connectivity index (χ1) is 9.43. The monoisotopic (exact) mass is 279 g/mol. The zero-order chi connectivity index (χ0) is 15.1. The van der Waals surface area contributed by atoms with Gasteiger partial charge in [-0.25, -0.2) is 9.78 Å². The smallest absolute Gasteiger partial charge is 0.341 e. The number of nitrogen functional groups attached to an aromatic ring is 1. The third-order valence-corrected chi connectivity index (χ3v) is 3.12. The molecule has 0 fully saturated rings. The fraction of sp³-hybridized carbons (Fsp3) is 0.600. The van der Waals surface area contributed by atoms with Crippen molar-refractivity contribution in [2.24, 2.45) is 5.92 Å². The lowest BCUT2D eigenvalue weighted by Gasteiger charge is -2.17. The Morgan fingerprint density at radius 1 is 1.40 bits per heavy atom. The summed E-state index contributed by atoms with van der Waals surface area (Å²) in [4.78, 5) is 15.9. The van der Waals surface area contributed by atoms with E-state index in [1.54, 1.807) is 6.07 Å². The second-order valence-corrected chi connectivity index (χ2v) is 5.53. The molecular formula is C15H25N3O2. The van der Waals surface area contributed by atoms with Gasteiger partial charge in [0.1, 0.15) is 11.4 Å². The standard InChI is InChI=1S/C15H25N3O2/c1-10(2)6-5-7-11(3)18-14-13(15(19)20-4)8-12(16)9-17-14/h8-11H,5-7,16H2,1-4H3,(H,17,18). The van der Waals surface area contributed by atoms with Crippen LogP contribution in [0.4, 0.5) is 11.5 Å². The Hall–Kier alpha value is -1.78. The highest BCUT2D eigenvalue weighted by molar-refractivity contribution is 5.95. The minimum absolute atomic E-state index is 0.244. The summed E-state index contributed by atoms with van der Waals surface area (Å²) in [5, 5.41) is 3.26. The summed E-state index contributed by atoms with van der Waals surface area (Å²) in [6.45, 7) is 6.52. The number of carbonyl (C=O) groups excluding carboxylic acids is 1. The van der Waals surface area contributed by atoms with Crippen LogP contribution in [0.3, 0.4) is 0 Å². The number of rotatable bonds is 7. The summed E-state index contributed by atoms with van der Waals surface area (Å²) >= 11 is 0. The maximum absolute atomic E-state index is 11.7. The van der Waals surface area contributed by atoms with Crippen molar-refractivity contribution in [3.63, 3.8) is 0 Å². The van der Waals surface area contributed by atoms with Gasteiger partial charge in [0.2, 0.25) is 0 Å². The van der Waals surface area contributed by atoms with E-state index < -0.39 is 5.97 Å². The van der Waals surface area contributed by atoms with Gasteiger partial charge in [-0.2, -0.15) is 0 Å². The number of nitrogens with zero attached hydrogens (tertiary/aromatic N) is 1. The molecule has 1 unspecified atom stereocenters. The third-order valence-electron chi connectivity index (χ3n) is 3.12. The Morgan fingerprint density at radius 3 is 2.70 bits per heavy atom. The number of nitrogens with one attached hydrogen (secondary N) is 1. The van der Waals surface area contributed by atoms with Gasteiger partial charge in [-0.1, -0.05) is 26.7 Å². The molecule has 1 aromatic heterocycles. The maximum atomic E-state index is 11.7. The van der Waals surface area contributed by atoms with Gasteiger partial charge in [-0.15, -0.1) is 0 Å². The van der Waals surface area contributed by atoms with E-state index in [2.05, 4.69) is 31.1 Å². The highest BCUT2D eigenvalue weighted by atomic mass is 16.5. The molecule has 0 radical (unpaired) electrons. The molecular weight excluding hydrogens is 254 g/mol. The molecule has 112 valence electrons. The van der Waals surface area contributed by atoms with Gasteiger partial charge in [0, 0.05) is 6.04 Å². The van der Waals surface area contributed by atoms with E-state index >= 15 is 0 Å². The number of hydrogen-bond donors (Lipinski definition) is 2. The predicted molar refractivity (Wildman–Crippen MR) is 81.8 cm³/mol. The van der Waals surface area contributed by atoms with Crippen molar-refractivity contribution >= 4 is 17.5 Å². The van der Waals surface area contributed by atoms with Crippen LogP contribution >= 0.6 is 0 Å². The van der Waals surface area contributed by atoms with E-state index in [0.29, 0.717) is 23.0 Å². The fourth-order valence-corrected chi connectivity index (χ4v) is 2.00. The van der Waals surface area contributed by atoms with E-state index in [4.69, 9.17) is 10.5 Å². The summed E-state index contributed by atoms with van der Waals surface area (Å²) in [5.41, 5.74) is 6.49. The van der Waals surface area contributed by atoms with Crippen molar-refractivity contribution in [3.8, 4) is 0 Å². The van der Waals surface area contributed by atoms with Gasteiger partial charge in [-0.05, 0) is 25.3 Å². The predicted octanol–water partition coefficient (Wildman–Crippen LogP) is 3.08. The van der Waals surface area contributed by atoms with Crippen LogP contribution in [-0.4, -0.2) is 24.1 Å². The first kappa shape index (κ1) is 16.3. The van der Waals surface area contributed by atoms with E-state index in [-0.39, 0.29) is 6.04 Å². The molecule has 1 rings (SSSR count). The van der Waals surface area contributed by atoms with Crippen molar-refractivity contribution < 1.29 is 9.53 Å². The van der Waals surface area contributed by atoms with Gasteiger partial charge in [0.25, 0.3) is 0 Å². The molecule has 0 spiro atoms. The molecule has 1 heterocycles. The van der Waals surface area contributed by atoms with Crippen molar-refractivity contribution in [1.29, 1.82) is 0 Å². The zero-order valence-corrected chi connectivity index (χ0v) is 12.8. The molecule has 5 heteroatoms. The van der Waals surface area contributed by atoms with Crippen LogP contribution in [0.25, 0.3) is 0 Å². The highest BCUT2D eigenvalue weighted by Crippen LogP contribution is 2.19. The number of pyridine rings is 1. The molecule has 0 saturated carbocycles. The van der Waals surface area contributed by atoms with Crippen LogP contribution in [-0.2, 0) is 4.74 Å². The zero-order valence-electron chi connectivity index (χ0n) is 12.8. The molecule has 1 aromatic rings. The number of nitrogens with two attached hydrogens (primary N) is 1. The maximum Gasteiger partial charge on any atom is 0.341 e. The lowest BCUT2D eigenvalue weighted by Crippen LogP contribution is -2.19. The van der Waals surface area contributed by atoms with Crippen LogP contribution < -0.4 is 11.1 Å². The summed E-state index contributed by atoms with van der Waals surface area (Å²) in [7, 11) is 1.35. The molecule has 0 aliphatic rings. The van der Waals surface area contributed by atoms with Gasteiger partial charge in [-0.3, -0.25) is 0 Å². The Bertz CT molecular complexity index is 447. The second-order valence-electron chi connectivity index (χ2n) is 5.53. The molecule has 0 bridgehead atoms. The van der Waals surface area contributed by atoms with Crippen molar-refractivity contribution in [2.75, 3.05) is 18.2 Å². The molecule has 3 N–H and O–H groups in total. The van der Waals surface area contributed by atoms with Crippen molar-refractivity contribution in [1.82, 2.24) is 4.98 Å². The molecule has 0 aliphatic carbocycles. The van der Waals surface area contributed by atoms with Gasteiger partial charge < -0.3 is 15.8 Å². The Kier molecular flexibility index (Phi) is 6.28. The first-order valence-electron chi connectivity index (χ1n) is 7.04. The van der Waals surface area contributed by atoms with Gasteiger partial charge in [0.15, 0.2) is 0 Å². The number of aromatic nitrogens is 1. The lowest BCUT2D eigenvalue weighted by molar-refractivity contribution is 0.0601. The molecule has 0 aromatic carbocycles. The number of anilines is 2. The largest absolute Gasteiger partial charge is 0.465 e. The Labute approximate surface area is 120 Å². The minimum Gasteiger partial charge on any atom is -0.465 e. The molecule has 1 atom stereocenters. The summed E-state index contributed by atoms with van der Waals surface area (Å²) in [5.74, 6) is 0.812. The van der Waals surface area contributed by atoms with E-state index in [0.717, 1.165) is 12.8 Å². The van der Waals surface area contributed by atoms with E-state index in [1.807, 2.05) is 0 Å². The fourth-order valence-electron chi connectivity index (χ4n) is 2.00. The minimum atomic E-state index is -0.429. The molecule has 20 heavy (non-hydrogen) atoms. The number of hydrogen-bond acceptors (Lipinski definition) is 5.